The third kappa shape index (κ3) is 3.48. The molecule has 0 unspecified atom stereocenters. The van der Waals surface area contributed by atoms with Crippen molar-refractivity contribution < 1.29 is 4.79 Å². The third-order valence-electron chi connectivity index (χ3n) is 2.17. The van der Waals surface area contributed by atoms with Crippen molar-refractivity contribution in [3.05, 3.63) is 34.7 Å². The number of hydrogen-bond acceptors (Lipinski definition) is 4. The first-order valence-electron chi connectivity index (χ1n) is 5.19. The highest BCUT2D eigenvalue weighted by atomic mass is 35.5. The van der Waals surface area contributed by atoms with Gasteiger partial charge in [-0.05, 0) is 18.4 Å². The molecule has 18 heavy (non-hydrogen) atoms. The van der Waals surface area contributed by atoms with Crippen LogP contribution in [0.3, 0.4) is 0 Å². The van der Waals surface area contributed by atoms with Crippen molar-refractivity contribution in [3.63, 3.8) is 0 Å². The zero-order valence-electron chi connectivity index (χ0n) is 9.64. The van der Waals surface area contributed by atoms with Crippen molar-refractivity contribution >= 4 is 45.7 Å². The van der Waals surface area contributed by atoms with Crippen molar-refractivity contribution in [2.75, 3.05) is 17.3 Å². The van der Waals surface area contributed by atoms with Crippen LogP contribution < -0.4 is 5.32 Å². The summed E-state index contributed by atoms with van der Waals surface area (Å²) in [5, 5.41) is 6.00. The van der Waals surface area contributed by atoms with Crippen LogP contribution in [-0.2, 0) is 4.79 Å². The number of carbonyl (C=O) groups excluding carboxylic acids is 1. The van der Waals surface area contributed by atoms with Crippen molar-refractivity contribution in [2.45, 2.75) is 0 Å². The number of anilines is 1. The van der Waals surface area contributed by atoms with Gasteiger partial charge in [0.25, 0.3) is 0 Å². The van der Waals surface area contributed by atoms with E-state index in [1.807, 2.05) is 35.9 Å². The summed E-state index contributed by atoms with van der Waals surface area (Å²) in [7, 11) is 0. The summed E-state index contributed by atoms with van der Waals surface area (Å²) in [5.74, 6) is 0.412. The molecule has 0 aliphatic rings. The van der Waals surface area contributed by atoms with Crippen LogP contribution in [0.4, 0.5) is 5.13 Å². The topological polar surface area (TPSA) is 42.0 Å². The molecule has 0 bridgehead atoms. The number of nitrogens with one attached hydrogen (secondary N) is 1. The second-order valence-electron chi connectivity index (χ2n) is 3.53. The molecule has 0 radical (unpaired) electrons. The minimum absolute atomic E-state index is 0.0282. The van der Waals surface area contributed by atoms with E-state index in [4.69, 9.17) is 11.6 Å². The Hall–Kier alpha value is -1.04. The van der Waals surface area contributed by atoms with E-state index in [-0.39, 0.29) is 5.91 Å². The van der Waals surface area contributed by atoms with Gasteiger partial charge in [0.05, 0.1) is 11.4 Å². The molecule has 0 atom stereocenters. The number of benzene rings is 1. The van der Waals surface area contributed by atoms with Gasteiger partial charge in [0, 0.05) is 16.0 Å². The van der Waals surface area contributed by atoms with Gasteiger partial charge < -0.3 is 5.32 Å². The molecule has 3 nitrogen and oxygen atoms in total. The summed E-state index contributed by atoms with van der Waals surface area (Å²) in [6, 6.07) is 7.46. The summed E-state index contributed by atoms with van der Waals surface area (Å²) >= 11 is 8.73. The second kappa shape index (κ2) is 6.22. The average molecular weight is 299 g/mol. The zero-order valence-corrected chi connectivity index (χ0v) is 12.0. The molecule has 1 heterocycles. The lowest BCUT2D eigenvalue weighted by Gasteiger charge is -1.99. The Bertz CT molecular complexity index is 539. The largest absolute Gasteiger partial charge is 0.301 e. The highest BCUT2D eigenvalue weighted by Crippen LogP contribution is 2.25. The summed E-state index contributed by atoms with van der Waals surface area (Å²) < 4.78 is 0. The number of thiazole rings is 1. The van der Waals surface area contributed by atoms with Crippen LogP contribution >= 0.6 is 34.7 Å². The Balaban J connectivity index is 2.10. The van der Waals surface area contributed by atoms with Crippen molar-refractivity contribution in [2.24, 2.45) is 0 Å². The number of amides is 1. The van der Waals surface area contributed by atoms with Crippen LogP contribution in [0.2, 0.25) is 5.02 Å². The van der Waals surface area contributed by atoms with E-state index < -0.39 is 0 Å². The Kier molecular flexibility index (Phi) is 4.63. The smallest absolute Gasteiger partial charge is 0.236 e. The van der Waals surface area contributed by atoms with Gasteiger partial charge in [-0.2, -0.15) is 11.8 Å². The second-order valence-corrected chi connectivity index (χ2v) is 5.69. The normalized spacial score (nSPS) is 10.3. The number of carbonyl (C=O) groups is 1. The highest BCUT2D eigenvalue weighted by molar-refractivity contribution is 7.99. The third-order valence-corrected chi connectivity index (χ3v) is 3.73. The highest BCUT2D eigenvalue weighted by Gasteiger charge is 2.07. The molecular weight excluding hydrogens is 288 g/mol. The first-order valence-corrected chi connectivity index (χ1v) is 7.84. The number of thioether (sulfide) groups is 1. The minimum Gasteiger partial charge on any atom is -0.301 e. The predicted octanol–water partition coefficient (Wildman–Crippen LogP) is 3.77. The molecule has 0 aliphatic carbocycles. The zero-order chi connectivity index (χ0) is 13.0. The van der Waals surface area contributed by atoms with Crippen molar-refractivity contribution in [1.82, 2.24) is 4.98 Å². The number of nitrogens with zero attached hydrogens (tertiary/aromatic N) is 1. The van der Waals surface area contributed by atoms with Crippen LogP contribution in [0.1, 0.15) is 0 Å². The number of rotatable bonds is 4. The predicted molar refractivity (Wildman–Crippen MR) is 79.6 cm³/mol. The molecule has 2 aromatic rings. The van der Waals surface area contributed by atoms with E-state index in [1.54, 1.807) is 0 Å². The molecule has 1 aromatic heterocycles. The lowest BCUT2D eigenvalue weighted by atomic mass is 10.2. The van der Waals surface area contributed by atoms with Crippen molar-refractivity contribution in [1.29, 1.82) is 0 Å². The molecule has 0 fully saturated rings. The summed E-state index contributed by atoms with van der Waals surface area (Å²) in [5.41, 5.74) is 1.83. The maximum atomic E-state index is 11.4. The fourth-order valence-electron chi connectivity index (χ4n) is 1.37. The monoisotopic (exact) mass is 298 g/mol. The van der Waals surface area contributed by atoms with Crippen LogP contribution in [0.5, 0.6) is 0 Å². The summed E-state index contributed by atoms with van der Waals surface area (Å²) in [6.07, 6.45) is 1.89. The van der Waals surface area contributed by atoms with Gasteiger partial charge in [0.2, 0.25) is 5.91 Å². The Morgan fingerprint density at radius 1 is 1.44 bits per heavy atom. The maximum Gasteiger partial charge on any atom is 0.236 e. The van der Waals surface area contributed by atoms with Crippen LogP contribution in [0, 0.1) is 0 Å². The first kappa shape index (κ1) is 13.4. The summed E-state index contributed by atoms with van der Waals surface area (Å²) in [4.78, 5) is 15.8. The lowest BCUT2D eigenvalue weighted by molar-refractivity contribution is -0.113. The summed E-state index contributed by atoms with van der Waals surface area (Å²) in [6.45, 7) is 0. The molecule has 0 saturated carbocycles. The van der Waals surface area contributed by atoms with E-state index >= 15 is 0 Å². The number of halogens is 1. The number of aromatic nitrogens is 1. The van der Waals surface area contributed by atoms with Gasteiger partial charge in [0.15, 0.2) is 5.13 Å². The van der Waals surface area contributed by atoms with Gasteiger partial charge in [-0.3, -0.25) is 4.79 Å². The van der Waals surface area contributed by atoms with Crippen LogP contribution in [0.15, 0.2) is 29.6 Å². The molecule has 1 N–H and O–H groups in total. The number of hydrogen-bond donors (Lipinski definition) is 1. The van der Waals surface area contributed by atoms with Gasteiger partial charge in [-0.1, -0.05) is 23.7 Å². The van der Waals surface area contributed by atoms with Crippen LogP contribution in [0.25, 0.3) is 11.3 Å². The first-order chi connectivity index (χ1) is 8.69. The maximum absolute atomic E-state index is 11.4. The molecule has 2 rings (SSSR count). The molecule has 0 spiro atoms. The fourth-order valence-corrected chi connectivity index (χ4v) is 2.57. The molecule has 1 aromatic carbocycles. The van der Waals surface area contributed by atoms with Gasteiger partial charge in [-0.15, -0.1) is 11.3 Å². The van der Waals surface area contributed by atoms with E-state index in [2.05, 4.69) is 10.3 Å². The Labute approximate surface area is 119 Å². The minimum atomic E-state index is -0.0282. The van der Waals surface area contributed by atoms with E-state index in [9.17, 15) is 4.79 Å². The molecule has 1 amide bonds. The molecule has 94 valence electrons. The SMILES string of the molecule is CSCC(=O)Nc1nc(-c2ccc(Cl)cc2)cs1. The van der Waals surface area contributed by atoms with E-state index in [0.717, 1.165) is 11.3 Å². The van der Waals surface area contributed by atoms with Crippen molar-refractivity contribution in [3.8, 4) is 11.3 Å². The van der Waals surface area contributed by atoms with Gasteiger partial charge >= 0.3 is 0 Å². The molecule has 6 heteroatoms. The quantitative estimate of drug-likeness (QED) is 0.934. The van der Waals surface area contributed by atoms with E-state index in [0.29, 0.717) is 15.9 Å². The Morgan fingerprint density at radius 3 is 2.83 bits per heavy atom. The molecule has 0 saturated heterocycles. The van der Waals surface area contributed by atoms with E-state index in [1.165, 1.54) is 23.1 Å². The lowest BCUT2D eigenvalue weighted by Crippen LogP contribution is -2.13. The van der Waals surface area contributed by atoms with Crippen LogP contribution in [-0.4, -0.2) is 22.9 Å². The van der Waals surface area contributed by atoms with Gasteiger partial charge in [-0.25, -0.2) is 4.98 Å². The average Bonchev–Trinajstić information content (AvgIpc) is 2.78. The molecular formula is C12H11ClN2OS2. The molecule has 0 aliphatic heterocycles. The fraction of sp³-hybridized carbons (Fsp3) is 0.167. The Morgan fingerprint density at radius 2 is 2.17 bits per heavy atom. The van der Waals surface area contributed by atoms with Gasteiger partial charge in [0.1, 0.15) is 0 Å². The standard InChI is InChI=1S/C12H11ClN2OS2/c1-17-7-11(16)15-12-14-10(6-18-12)8-2-4-9(13)5-3-8/h2-6H,7H2,1H3,(H,14,15,16).